The number of nitrogens with zero attached hydrogens (tertiary/aromatic N) is 1. The number of aliphatic imine (C=N–C) groups is 1. The second-order valence-corrected chi connectivity index (χ2v) is 5.53. The van der Waals surface area contributed by atoms with E-state index in [-0.39, 0.29) is 0 Å². The van der Waals surface area contributed by atoms with Crippen molar-refractivity contribution in [2.24, 2.45) is 10.9 Å². The van der Waals surface area contributed by atoms with Crippen LogP contribution in [0.5, 0.6) is 5.75 Å². The van der Waals surface area contributed by atoms with Gasteiger partial charge < -0.3 is 10.1 Å². The highest BCUT2D eigenvalue weighted by Gasteiger charge is 2.19. The van der Waals surface area contributed by atoms with E-state index in [1.54, 1.807) is 11.8 Å². The molecule has 98 valence electrons. The Morgan fingerprint density at radius 2 is 2.17 bits per heavy atom. The lowest BCUT2D eigenvalue weighted by molar-refractivity contribution is 0.342. The average molecular weight is 264 g/mol. The van der Waals surface area contributed by atoms with Crippen LogP contribution in [0.25, 0.3) is 0 Å². The van der Waals surface area contributed by atoms with Crippen LogP contribution >= 0.6 is 11.8 Å². The first-order valence-corrected chi connectivity index (χ1v) is 7.38. The SMILES string of the molecule is CCOc1ccccc1NC1=NC(C)C(C)CS1. The molecule has 1 aromatic carbocycles. The maximum absolute atomic E-state index is 5.60. The molecular weight excluding hydrogens is 244 g/mol. The number of amidine groups is 1. The summed E-state index contributed by atoms with van der Waals surface area (Å²) < 4.78 is 5.60. The number of para-hydroxylation sites is 2. The summed E-state index contributed by atoms with van der Waals surface area (Å²) in [6, 6.07) is 8.37. The summed E-state index contributed by atoms with van der Waals surface area (Å²) in [7, 11) is 0. The van der Waals surface area contributed by atoms with Gasteiger partial charge in [0.2, 0.25) is 0 Å². The Morgan fingerprint density at radius 1 is 1.39 bits per heavy atom. The third-order valence-corrected chi connectivity index (χ3v) is 4.23. The van der Waals surface area contributed by atoms with Gasteiger partial charge in [0.05, 0.1) is 18.3 Å². The van der Waals surface area contributed by atoms with Crippen molar-refractivity contribution >= 4 is 22.6 Å². The normalized spacial score (nSPS) is 23.4. The minimum absolute atomic E-state index is 0.382. The highest BCUT2D eigenvalue weighted by atomic mass is 32.2. The Morgan fingerprint density at radius 3 is 2.89 bits per heavy atom. The summed E-state index contributed by atoms with van der Waals surface area (Å²) in [5, 5.41) is 4.37. The van der Waals surface area contributed by atoms with Gasteiger partial charge in [-0.3, -0.25) is 4.99 Å². The number of nitrogens with one attached hydrogen (secondary N) is 1. The third kappa shape index (κ3) is 3.19. The first-order chi connectivity index (χ1) is 8.70. The molecule has 1 aliphatic heterocycles. The number of thioether (sulfide) groups is 1. The van der Waals surface area contributed by atoms with Crippen molar-refractivity contribution in [1.82, 2.24) is 0 Å². The zero-order chi connectivity index (χ0) is 13.0. The molecule has 0 saturated carbocycles. The molecule has 0 saturated heterocycles. The van der Waals surface area contributed by atoms with Gasteiger partial charge in [-0.1, -0.05) is 30.8 Å². The van der Waals surface area contributed by atoms with Crippen molar-refractivity contribution < 1.29 is 4.74 Å². The molecule has 1 N–H and O–H groups in total. The van der Waals surface area contributed by atoms with Gasteiger partial charge in [0.15, 0.2) is 5.17 Å². The van der Waals surface area contributed by atoms with Crippen LogP contribution in [0, 0.1) is 5.92 Å². The van der Waals surface area contributed by atoms with Crippen molar-refractivity contribution in [3.05, 3.63) is 24.3 Å². The summed E-state index contributed by atoms with van der Waals surface area (Å²) in [4.78, 5) is 4.67. The van der Waals surface area contributed by atoms with Crippen LogP contribution in [0.1, 0.15) is 20.8 Å². The number of hydrogen-bond acceptors (Lipinski definition) is 4. The van der Waals surface area contributed by atoms with Gasteiger partial charge >= 0.3 is 0 Å². The van der Waals surface area contributed by atoms with Crippen LogP contribution in [0.4, 0.5) is 5.69 Å². The quantitative estimate of drug-likeness (QED) is 0.905. The molecule has 18 heavy (non-hydrogen) atoms. The van der Waals surface area contributed by atoms with Crippen LogP contribution in [-0.4, -0.2) is 23.6 Å². The summed E-state index contributed by atoms with van der Waals surface area (Å²) in [5.41, 5.74) is 0.993. The fourth-order valence-electron chi connectivity index (χ4n) is 1.73. The van der Waals surface area contributed by atoms with E-state index < -0.39 is 0 Å². The molecule has 0 bridgehead atoms. The summed E-state index contributed by atoms with van der Waals surface area (Å²) >= 11 is 1.78. The molecular formula is C14H20N2OS. The second kappa shape index (κ2) is 6.14. The monoisotopic (exact) mass is 264 g/mol. The standard InChI is InChI=1S/C14H20N2OS/c1-4-17-13-8-6-5-7-12(13)16-14-15-11(3)10(2)9-18-14/h5-8,10-11H,4,9H2,1-3H3,(H,15,16). The molecule has 0 fully saturated rings. The maximum Gasteiger partial charge on any atom is 0.161 e. The van der Waals surface area contributed by atoms with Gasteiger partial charge in [-0.05, 0) is 31.9 Å². The lowest BCUT2D eigenvalue weighted by Gasteiger charge is -2.24. The van der Waals surface area contributed by atoms with Gasteiger partial charge in [-0.25, -0.2) is 0 Å². The van der Waals surface area contributed by atoms with E-state index in [1.165, 1.54) is 0 Å². The van der Waals surface area contributed by atoms with Crippen molar-refractivity contribution in [2.75, 3.05) is 17.7 Å². The zero-order valence-electron chi connectivity index (χ0n) is 11.1. The van der Waals surface area contributed by atoms with Crippen LogP contribution in [-0.2, 0) is 0 Å². The van der Waals surface area contributed by atoms with E-state index in [4.69, 9.17) is 4.74 Å². The molecule has 2 rings (SSSR count). The largest absolute Gasteiger partial charge is 0.492 e. The predicted octanol–water partition coefficient (Wildman–Crippen LogP) is 3.62. The molecule has 1 aromatic rings. The van der Waals surface area contributed by atoms with Gasteiger partial charge in [0.1, 0.15) is 5.75 Å². The van der Waals surface area contributed by atoms with E-state index in [2.05, 4.69) is 24.2 Å². The Labute approximate surface area is 113 Å². The fraction of sp³-hybridized carbons (Fsp3) is 0.500. The Bertz CT molecular complexity index is 434. The Hall–Kier alpha value is -1.16. The van der Waals surface area contributed by atoms with Crippen LogP contribution in [0.3, 0.4) is 0 Å². The highest BCUT2D eigenvalue weighted by molar-refractivity contribution is 8.14. The summed E-state index contributed by atoms with van der Waals surface area (Å²) in [6.07, 6.45) is 0. The van der Waals surface area contributed by atoms with Crippen LogP contribution in [0.15, 0.2) is 29.3 Å². The summed E-state index contributed by atoms with van der Waals surface area (Å²) in [5.74, 6) is 2.64. The lowest BCUT2D eigenvalue weighted by Crippen LogP contribution is -2.25. The molecule has 0 radical (unpaired) electrons. The number of rotatable bonds is 3. The molecule has 0 amide bonds. The van der Waals surface area contributed by atoms with Gasteiger partial charge in [-0.15, -0.1) is 0 Å². The second-order valence-electron chi connectivity index (χ2n) is 4.52. The van der Waals surface area contributed by atoms with Crippen LogP contribution < -0.4 is 10.1 Å². The fourth-order valence-corrected chi connectivity index (χ4v) is 2.86. The molecule has 2 atom stereocenters. The average Bonchev–Trinajstić information content (AvgIpc) is 2.37. The van der Waals surface area contributed by atoms with Crippen molar-refractivity contribution in [3.8, 4) is 5.75 Å². The van der Waals surface area contributed by atoms with E-state index >= 15 is 0 Å². The van der Waals surface area contributed by atoms with Crippen LogP contribution in [0.2, 0.25) is 0 Å². The molecule has 4 heteroatoms. The molecule has 0 aliphatic carbocycles. The molecule has 3 nitrogen and oxygen atoms in total. The van der Waals surface area contributed by atoms with E-state index in [0.717, 1.165) is 22.4 Å². The van der Waals surface area contributed by atoms with Gasteiger partial charge in [-0.2, -0.15) is 0 Å². The number of benzene rings is 1. The minimum atomic E-state index is 0.382. The van der Waals surface area contributed by atoms with Crippen molar-refractivity contribution in [3.63, 3.8) is 0 Å². The maximum atomic E-state index is 5.60. The third-order valence-electron chi connectivity index (χ3n) is 3.06. The molecule has 1 heterocycles. The van der Waals surface area contributed by atoms with Crippen molar-refractivity contribution in [1.29, 1.82) is 0 Å². The predicted molar refractivity (Wildman–Crippen MR) is 79.8 cm³/mol. The van der Waals surface area contributed by atoms with E-state index in [9.17, 15) is 0 Å². The lowest BCUT2D eigenvalue weighted by atomic mass is 10.1. The van der Waals surface area contributed by atoms with Gasteiger partial charge in [0.25, 0.3) is 0 Å². The Kier molecular flexibility index (Phi) is 4.53. The summed E-state index contributed by atoms with van der Waals surface area (Å²) in [6.45, 7) is 7.08. The number of ether oxygens (including phenoxy) is 1. The van der Waals surface area contributed by atoms with Gasteiger partial charge in [0, 0.05) is 5.75 Å². The zero-order valence-corrected chi connectivity index (χ0v) is 12.0. The molecule has 2 unspecified atom stereocenters. The molecule has 0 aromatic heterocycles. The number of hydrogen-bond donors (Lipinski definition) is 1. The number of anilines is 1. The molecule has 0 spiro atoms. The molecule has 1 aliphatic rings. The van der Waals surface area contributed by atoms with E-state index in [1.807, 2.05) is 31.2 Å². The smallest absolute Gasteiger partial charge is 0.161 e. The first kappa shape index (κ1) is 13.3. The van der Waals surface area contributed by atoms with Crippen molar-refractivity contribution in [2.45, 2.75) is 26.8 Å². The first-order valence-electron chi connectivity index (χ1n) is 6.40. The minimum Gasteiger partial charge on any atom is -0.492 e. The highest BCUT2D eigenvalue weighted by Crippen LogP contribution is 2.28. The van der Waals surface area contributed by atoms with E-state index in [0.29, 0.717) is 18.6 Å². The Balaban J connectivity index is 2.12. The topological polar surface area (TPSA) is 33.6 Å².